The van der Waals surface area contributed by atoms with Crippen LogP contribution in [0.1, 0.15) is 13.8 Å². The number of ether oxygens (including phenoxy) is 1. The van der Waals surface area contributed by atoms with E-state index in [0.717, 1.165) is 17.0 Å². The molecule has 1 fully saturated rings. The molecule has 0 aliphatic carbocycles. The lowest BCUT2D eigenvalue weighted by atomic mass is 10.1. The van der Waals surface area contributed by atoms with Crippen molar-refractivity contribution >= 4 is 23.6 Å². The number of hydrogen-bond acceptors (Lipinski definition) is 5. The van der Waals surface area contributed by atoms with Crippen LogP contribution in [0.3, 0.4) is 0 Å². The molecule has 5 nitrogen and oxygen atoms in total. The third kappa shape index (κ3) is 1.72. The first-order valence-corrected chi connectivity index (χ1v) is 6.09. The lowest BCUT2D eigenvalue weighted by molar-refractivity contribution is -0.141. The van der Waals surface area contributed by atoms with Crippen molar-refractivity contribution in [1.82, 2.24) is 4.90 Å². The molecule has 16 heavy (non-hydrogen) atoms. The lowest BCUT2D eigenvalue weighted by Crippen LogP contribution is -2.67. The third-order valence-electron chi connectivity index (χ3n) is 2.84. The summed E-state index contributed by atoms with van der Waals surface area (Å²) in [6, 6.07) is -0.379. The first-order chi connectivity index (χ1) is 7.52. The average molecular weight is 242 g/mol. The number of carbonyl (C=O) groups excluding carboxylic acids is 2. The topological polar surface area (TPSA) is 72.6 Å². The van der Waals surface area contributed by atoms with Crippen molar-refractivity contribution in [3.63, 3.8) is 0 Å². The van der Waals surface area contributed by atoms with Crippen LogP contribution in [0.15, 0.2) is 11.3 Å². The molecule has 0 aromatic heterocycles. The summed E-state index contributed by atoms with van der Waals surface area (Å²) in [6.45, 7) is 3.51. The van der Waals surface area contributed by atoms with Crippen LogP contribution in [0, 0.1) is 0 Å². The number of allylic oxidation sites excluding steroid dienone is 1. The van der Waals surface area contributed by atoms with Crippen molar-refractivity contribution in [3.05, 3.63) is 11.3 Å². The van der Waals surface area contributed by atoms with E-state index in [2.05, 4.69) is 0 Å². The maximum Gasteiger partial charge on any atom is 0.302 e. The molecule has 2 atom stereocenters. The second-order valence-electron chi connectivity index (χ2n) is 3.90. The summed E-state index contributed by atoms with van der Waals surface area (Å²) in [5, 5.41) is 0.0635. The molecule has 2 aliphatic heterocycles. The van der Waals surface area contributed by atoms with E-state index in [0.29, 0.717) is 0 Å². The second-order valence-corrected chi connectivity index (χ2v) is 5.01. The molecule has 0 aromatic rings. The minimum atomic E-state index is -0.379. The Balaban J connectivity index is 2.09. The van der Waals surface area contributed by atoms with Crippen LogP contribution in [0.2, 0.25) is 0 Å². The fourth-order valence-electron chi connectivity index (χ4n) is 1.82. The average Bonchev–Trinajstić information content (AvgIpc) is 2.25. The normalized spacial score (nSPS) is 28.7. The Bertz CT molecular complexity index is 380. The van der Waals surface area contributed by atoms with E-state index in [1.54, 1.807) is 16.7 Å². The Morgan fingerprint density at radius 2 is 2.38 bits per heavy atom. The highest BCUT2D eigenvalue weighted by atomic mass is 32.2. The number of β-lactam (4-membered cyclic amide) rings is 1. The number of nitrogens with two attached hydrogens (primary N) is 1. The molecule has 2 aliphatic rings. The highest BCUT2D eigenvalue weighted by Crippen LogP contribution is 2.38. The molecule has 0 saturated carbocycles. The molecule has 1 amide bonds. The molecular formula is C10H14N2O3S. The number of thioether (sulfide) groups is 1. The predicted octanol–water partition coefficient (Wildman–Crippen LogP) is 0.0659. The van der Waals surface area contributed by atoms with Gasteiger partial charge in [0.25, 0.3) is 0 Å². The molecule has 2 unspecified atom stereocenters. The largest absolute Gasteiger partial charge is 0.461 e. The van der Waals surface area contributed by atoms with Gasteiger partial charge in [-0.15, -0.1) is 11.8 Å². The minimum Gasteiger partial charge on any atom is -0.461 e. The summed E-state index contributed by atoms with van der Waals surface area (Å²) in [6.07, 6.45) is 0. The number of nitrogens with zero attached hydrogens (tertiary/aromatic N) is 1. The van der Waals surface area contributed by atoms with Gasteiger partial charge in [-0.25, -0.2) is 0 Å². The van der Waals surface area contributed by atoms with Crippen molar-refractivity contribution in [3.8, 4) is 0 Å². The van der Waals surface area contributed by atoms with Crippen LogP contribution < -0.4 is 5.73 Å². The maximum atomic E-state index is 11.5. The predicted molar refractivity (Wildman–Crippen MR) is 60.4 cm³/mol. The molecule has 0 spiro atoms. The van der Waals surface area contributed by atoms with Crippen molar-refractivity contribution in [2.24, 2.45) is 5.73 Å². The van der Waals surface area contributed by atoms with E-state index in [-0.39, 0.29) is 29.9 Å². The number of fused-ring (bicyclic) bond motifs is 1. The molecular weight excluding hydrogens is 228 g/mol. The second kappa shape index (κ2) is 4.10. The van der Waals surface area contributed by atoms with Gasteiger partial charge in [0, 0.05) is 18.4 Å². The standard InChI is InChI=1S/C10H14N2O3S/c1-5-7(3-15-6(2)13)4-16-10-8(11)9(14)12(5)10/h8,10H,3-4,11H2,1-2H3. The number of carbonyl (C=O) groups is 2. The van der Waals surface area contributed by atoms with Gasteiger partial charge in [-0.05, 0) is 12.5 Å². The summed E-state index contributed by atoms with van der Waals surface area (Å²) in [5.74, 6) is 0.412. The zero-order valence-electron chi connectivity index (χ0n) is 9.23. The number of rotatable bonds is 2. The van der Waals surface area contributed by atoms with E-state index in [4.69, 9.17) is 10.5 Å². The van der Waals surface area contributed by atoms with Crippen LogP contribution in [0.4, 0.5) is 0 Å². The molecule has 0 radical (unpaired) electrons. The summed E-state index contributed by atoms with van der Waals surface area (Å²) < 4.78 is 4.94. The zero-order valence-corrected chi connectivity index (χ0v) is 10.0. The van der Waals surface area contributed by atoms with Gasteiger partial charge in [-0.3, -0.25) is 9.59 Å². The molecule has 1 saturated heterocycles. The van der Waals surface area contributed by atoms with E-state index < -0.39 is 0 Å². The first kappa shape index (κ1) is 11.5. The summed E-state index contributed by atoms with van der Waals surface area (Å²) >= 11 is 1.62. The van der Waals surface area contributed by atoms with Gasteiger partial charge < -0.3 is 15.4 Å². The van der Waals surface area contributed by atoms with Crippen molar-refractivity contribution in [2.45, 2.75) is 25.3 Å². The van der Waals surface area contributed by atoms with Gasteiger partial charge >= 0.3 is 5.97 Å². The Labute approximate surface area is 98.0 Å². The molecule has 2 heterocycles. The Morgan fingerprint density at radius 3 is 3.00 bits per heavy atom. The third-order valence-corrected chi connectivity index (χ3v) is 4.20. The van der Waals surface area contributed by atoms with E-state index in [1.165, 1.54) is 6.92 Å². The number of amides is 1. The minimum absolute atomic E-state index is 0.0463. The quantitative estimate of drug-likeness (QED) is 0.548. The lowest BCUT2D eigenvalue weighted by Gasteiger charge is -2.48. The number of esters is 1. The van der Waals surface area contributed by atoms with Crippen molar-refractivity contribution in [2.75, 3.05) is 12.4 Å². The summed E-state index contributed by atoms with van der Waals surface area (Å²) in [7, 11) is 0. The highest BCUT2D eigenvalue weighted by molar-refractivity contribution is 8.00. The molecule has 88 valence electrons. The molecule has 2 N–H and O–H groups in total. The van der Waals surface area contributed by atoms with Gasteiger partial charge in [-0.2, -0.15) is 0 Å². The Kier molecular flexibility index (Phi) is 2.94. The first-order valence-electron chi connectivity index (χ1n) is 5.04. The fourth-order valence-corrected chi connectivity index (χ4v) is 3.22. The van der Waals surface area contributed by atoms with Crippen LogP contribution >= 0.6 is 11.8 Å². The van der Waals surface area contributed by atoms with Gasteiger partial charge in [0.05, 0.1) is 0 Å². The van der Waals surface area contributed by atoms with Crippen molar-refractivity contribution < 1.29 is 14.3 Å². The molecule has 2 rings (SSSR count). The number of hydrogen-bond donors (Lipinski definition) is 1. The van der Waals surface area contributed by atoms with E-state index >= 15 is 0 Å². The molecule has 0 bridgehead atoms. The smallest absolute Gasteiger partial charge is 0.302 e. The SMILES string of the molecule is CC(=O)OCC1=C(C)N2C(=O)C(N)C2SC1. The van der Waals surface area contributed by atoms with E-state index in [1.807, 2.05) is 6.92 Å². The summed E-state index contributed by atoms with van der Waals surface area (Å²) in [5.41, 5.74) is 7.56. The van der Waals surface area contributed by atoms with Crippen LogP contribution in [-0.4, -0.2) is 40.6 Å². The van der Waals surface area contributed by atoms with Gasteiger partial charge in [-0.1, -0.05) is 0 Å². The summed E-state index contributed by atoms with van der Waals surface area (Å²) in [4.78, 5) is 23.9. The van der Waals surface area contributed by atoms with Crippen molar-refractivity contribution in [1.29, 1.82) is 0 Å². The maximum absolute atomic E-state index is 11.5. The van der Waals surface area contributed by atoms with Gasteiger partial charge in [0.2, 0.25) is 5.91 Å². The Hall–Kier alpha value is -1.01. The van der Waals surface area contributed by atoms with Gasteiger partial charge in [0.1, 0.15) is 18.0 Å². The molecule has 0 aromatic carbocycles. The molecule has 6 heteroatoms. The Morgan fingerprint density at radius 1 is 1.69 bits per heavy atom. The highest BCUT2D eigenvalue weighted by Gasteiger charge is 2.48. The van der Waals surface area contributed by atoms with Crippen LogP contribution in [-0.2, 0) is 14.3 Å². The fraction of sp³-hybridized carbons (Fsp3) is 0.600. The zero-order chi connectivity index (χ0) is 11.9. The van der Waals surface area contributed by atoms with Crippen LogP contribution in [0.25, 0.3) is 0 Å². The van der Waals surface area contributed by atoms with E-state index in [9.17, 15) is 9.59 Å². The van der Waals surface area contributed by atoms with Gasteiger partial charge in [0.15, 0.2) is 0 Å². The van der Waals surface area contributed by atoms with Crippen LogP contribution in [0.5, 0.6) is 0 Å². The monoisotopic (exact) mass is 242 g/mol.